The fourth-order valence-electron chi connectivity index (χ4n) is 1.84. The molecule has 1 aliphatic heterocycles. The summed E-state index contributed by atoms with van der Waals surface area (Å²) in [5, 5.41) is 3.77. The van der Waals surface area contributed by atoms with Crippen LogP contribution >= 0.6 is 0 Å². The zero-order valence-electron chi connectivity index (χ0n) is 9.24. The highest BCUT2D eigenvalue weighted by Crippen LogP contribution is 2.31. The van der Waals surface area contributed by atoms with Crippen molar-refractivity contribution < 1.29 is 18.0 Å². The highest BCUT2D eigenvalue weighted by atomic mass is 19.4. The van der Waals surface area contributed by atoms with Crippen LogP contribution in [0.4, 0.5) is 13.2 Å². The van der Waals surface area contributed by atoms with Gasteiger partial charge in [-0.15, -0.1) is 0 Å². The van der Waals surface area contributed by atoms with Gasteiger partial charge in [0.05, 0.1) is 12.1 Å². The average Bonchev–Trinajstić information content (AvgIpc) is 2.60. The molecule has 1 aromatic carbocycles. The number of oxime groups is 1. The highest BCUT2D eigenvalue weighted by Gasteiger charge is 2.40. The normalized spacial score (nSPS) is 24.4. The third-order valence-corrected chi connectivity index (χ3v) is 2.78. The van der Waals surface area contributed by atoms with E-state index in [9.17, 15) is 13.2 Å². The lowest BCUT2D eigenvalue weighted by Gasteiger charge is -2.16. The molecule has 2 rings (SSSR count). The van der Waals surface area contributed by atoms with Gasteiger partial charge in [-0.05, 0) is 5.56 Å². The highest BCUT2D eigenvalue weighted by molar-refractivity contribution is 6.02. The Balaban J connectivity index is 2.10. The van der Waals surface area contributed by atoms with Gasteiger partial charge < -0.3 is 4.84 Å². The van der Waals surface area contributed by atoms with Gasteiger partial charge in [-0.25, -0.2) is 0 Å². The Bertz CT molecular complexity index is 414. The molecule has 0 N–H and O–H groups in total. The fraction of sp³-hybridized carbons (Fsp3) is 0.417. The zero-order valence-corrected chi connectivity index (χ0v) is 9.24. The molecule has 2 atom stereocenters. The van der Waals surface area contributed by atoms with Crippen LogP contribution in [0, 0.1) is 5.92 Å². The largest absolute Gasteiger partial charge is 0.392 e. The maximum Gasteiger partial charge on any atom is 0.392 e. The van der Waals surface area contributed by atoms with E-state index in [0.29, 0.717) is 5.71 Å². The van der Waals surface area contributed by atoms with E-state index in [-0.39, 0.29) is 5.92 Å². The van der Waals surface area contributed by atoms with Crippen molar-refractivity contribution in [3.05, 3.63) is 35.9 Å². The Hall–Kier alpha value is -1.52. The summed E-state index contributed by atoms with van der Waals surface area (Å²) in [6.07, 6.45) is -6.10. The smallest absolute Gasteiger partial charge is 0.391 e. The molecule has 2 unspecified atom stereocenters. The van der Waals surface area contributed by atoms with Crippen molar-refractivity contribution in [2.75, 3.05) is 0 Å². The topological polar surface area (TPSA) is 21.6 Å². The molecule has 0 aliphatic carbocycles. The standard InChI is InChI=1S/C12H12F3NO/c1-8-10(7-12(13,14)15)17-16-11(8)9-5-3-2-4-6-9/h2-6,8,10H,7H2,1H3. The number of nitrogens with zero attached hydrogens (tertiary/aromatic N) is 1. The maximum atomic E-state index is 12.3. The van der Waals surface area contributed by atoms with Gasteiger partial charge in [0.2, 0.25) is 0 Å². The van der Waals surface area contributed by atoms with Crippen molar-refractivity contribution in [2.24, 2.45) is 11.1 Å². The number of alkyl halides is 3. The molecule has 0 bridgehead atoms. The summed E-state index contributed by atoms with van der Waals surface area (Å²) in [6.45, 7) is 1.70. The summed E-state index contributed by atoms with van der Waals surface area (Å²) in [5.74, 6) is -0.348. The third-order valence-electron chi connectivity index (χ3n) is 2.78. The molecule has 17 heavy (non-hydrogen) atoms. The predicted octanol–water partition coefficient (Wildman–Crippen LogP) is 3.38. The number of rotatable bonds is 2. The summed E-state index contributed by atoms with van der Waals surface area (Å²) in [5.41, 5.74) is 1.39. The SMILES string of the molecule is CC1C(c2ccccc2)=NOC1CC(F)(F)F. The van der Waals surface area contributed by atoms with Crippen molar-refractivity contribution in [3.63, 3.8) is 0 Å². The minimum absolute atomic E-state index is 0.348. The van der Waals surface area contributed by atoms with Gasteiger partial charge in [0.1, 0.15) is 6.10 Å². The molecule has 5 heteroatoms. The minimum Gasteiger partial charge on any atom is -0.391 e. The first-order chi connectivity index (χ1) is 7.97. The molecule has 1 aromatic rings. The molecule has 0 spiro atoms. The van der Waals surface area contributed by atoms with Crippen molar-refractivity contribution in [1.82, 2.24) is 0 Å². The summed E-state index contributed by atoms with van der Waals surface area (Å²) >= 11 is 0. The molecule has 0 radical (unpaired) electrons. The van der Waals surface area contributed by atoms with E-state index in [4.69, 9.17) is 4.84 Å². The Kier molecular flexibility index (Phi) is 3.09. The lowest BCUT2D eigenvalue weighted by molar-refractivity contribution is -0.160. The first-order valence-electron chi connectivity index (χ1n) is 5.33. The van der Waals surface area contributed by atoms with E-state index in [1.54, 1.807) is 6.92 Å². The molecule has 0 aromatic heterocycles. The predicted molar refractivity (Wildman–Crippen MR) is 57.7 cm³/mol. The summed E-state index contributed by atoms with van der Waals surface area (Å²) in [7, 11) is 0. The monoisotopic (exact) mass is 243 g/mol. The van der Waals surface area contributed by atoms with Crippen molar-refractivity contribution >= 4 is 5.71 Å². The van der Waals surface area contributed by atoms with E-state index >= 15 is 0 Å². The number of benzene rings is 1. The van der Waals surface area contributed by atoms with E-state index in [2.05, 4.69) is 5.16 Å². The molecular weight excluding hydrogens is 231 g/mol. The third kappa shape index (κ3) is 2.78. The van der Waals surface area contributed by atoms with Crippen LogP contribution in [0.2, 0.25) is 0 Å². The molecule has 92 valence electrons. The Morgan fingerprint density at radius 3 is 2.47 bits per heavy atom. The Morgan fingerprint density at radius 1 is 1.24 bits per heavy atom. The summed E-state index contributed by atoms with van der Waals surface area (Å²) in [6, 6.07) is 9.12. The number of hydrogen-bond donors (Lipinski definition) is 0. The molecule has 0 fully saturated rings. The fourth-order valence-corrected chi connectivity index (χ4v) is 1.84. The first-order valence-corrected chi connectivity index (χ1v) is 5.33. The van der Waals surface area contributed by atoms with E-state index in [1.807, 2.05) is 30.3 Å². The summed E-state index contributed by atoms with van der Waals surface area (Å²) < 4.78 is 36.8. The van der Waals surface area contributed by atoms with Gasteiger partial charge >= 0.3 is 6.18 Å². The average molecular weight is 243 g/mol. The molecule has 1 heterocycles. The van der Waals surface area contributed by atoms with Crippen LogP contribution in [0.3, 0.4) is 0 Å². The van der Waals surface area contributed by atoms with Crippen LogP contribution in [-0.4, -0.2) is 18.0 Å². The van der Waals surface area contributed by atoms with Gasteiger partial charge in [-0.1, -0.05) is 42.4 Å². The molecular formula is C12H12F3NO. The van der Waals surface area contributed by atoms with Crippen LogP contribution in [0.5, 0.6) is 0 Å². The second-order valence-electron chi connectivity index (χ2n) is 4.09. The number of halogens is 3. The zero-order chi connectivity index (χ0) is 12.5. The van der Waals surface area contributed by atoms with E-state index < -0.39 is 18.7 Å². The number of hydrogen-bond acceptors (Lipinski definition) is 2. The van der Waals surface area contributed by atoms with Crippen molar-refractivity contribution in [1.29, 1.82) is 0 Å². The lowest BCUT2D eigenvalue weighted by atomic mass is 9.92. The van der Waals surface area contributed by atoms with Crippen LogP contribution in [0.25, 0.3) is 0 Å². The van der Waals surface area contributed by atoms with Crippen LogP contribution in [0.1, 0.15) is 18.9 Å². The van der Waals surface area contributed by atoms with Gasteiger partial charge in [0.25, 0.3) is 0 Å². The van der Waals surface area contributed by atoms with E-state index in [0.717, 1.165) is 5.56 Å². The molecule has 2 nitrogen and oxygen atoms in total. The van der Waals surface area contributed by atoms with Gasteiger partial charge in [-0.3, -0.25) is 0 Å². The maximum absolute atomic E-state index is 12.3. The summed E-state index contributed by atoms with van der Waals surface area (Å²) in [4.78, 5) is 4.88. The first kappa shape index (κ1) is 12.0. The van der Waals surface area contributed by atoms with Crippen LogP contribution < -0.4 is 0 Å². The van der Waals surface area contributed by atoms with Gasteiger partial charge in [0, 0.05) is 5.92 Å². The second-order valence-corrected chi connectivity index (χ2v) is 4.09. The van der Waals surface area contributed by atoms with Crippen molar-refractivity contribution in [3.8, 4) is 0 Å². The second kappa shape index (κ2) is 4.39. The van der Waals surface area contributed by atoms with Gasteiger partial charge in [0.15, 0.2) is 0 Å². The lowest BCUT2D eigenvalue weighted by Crippen LogP contribution is -2.27. The Morgan fingerprint density at radius 2 is 1.88 bits per heavy atom. The quantitative estimate of drug-likeness (QED) is 0.780. The molecule has 0 saturated carbocycles. The molecule has 1 aliphatic rings. The van der Waals surface area contributed by atoms with Crippen molar-refractivity contribution in [2.45, 2.75) is 25.6 Å². The van der Waals surface area contributed by atoms with E-state index in [1.165, 1.54) is 0 Å². The molecule has 0 saturated heterocycles. The Labute approximate surface area is 97.1 Å². The van der Waals surface area contributed by atoms with Crippen LogP contribution in [-0.2, 0) is 4.84 Å². The van der Waals surface area contributed by atoms with Gasteiger partial charge in [-0.2, -0.15) is 13.2 Å². The molecule has 0 amide bonds. The minimum atomic E-state index is -4.22. The van der Waals surface area contributed by atoms with Crippen LogP contribution in [0.15, 0.2) is 35.5 Å².